The van der Waals surface area contributed by atoms with E-state index < -0.39 is 0 Å². The van der Waals surface area contributed by atoms with Crippen LogP contribution in [-0.4, -0.2) is 26.8 Å². The summed E-state index contributed by atoms with van der Waals surface area (Å²) < 4.78 is 1.93. The predicted molar refractivity (Wildman–Crippen MR) is 78.3 cm³/mol. The molecule has 0 bridgehead atoms. The lowest BCUT2D eigenvalue weighted by Crippen LogP contribution is -2.30. The van der Waals surface area contributed by atoms with Crippen LogP contribution in [0.1, 0.15) is 16.1 Å². The number of aromatic nitrogens is 3. The van der Waals surface area contributed by atoms with Crippen LogP contribution in [0.5, 0.6) is 0 Å². The molecule has 0 radical (unpaired) electrons. The minimum absolute atomic E-state index is 0.118. The first-order valence-electron chi connectivity index (χ1n) is 6.62. The van der Waals surface area contributed by atoms with Gasteiger partial charge < -0.3 is 14.7 Å². The average Bonchev–Trinajstić information content (AvgIpc) is 2.90. The smallest absolute Gasteiger partial charge is 0.260 e. The molecule has 3 heterocycles. The van der Waals surface area contributed by atoms with Crippen molar-refractivity contribution < 1.29 is 4.79 Å². The monoisotopic (exact) mass is 282 g/mol. The molecule has 3 rings (SSSR count). The van der Waals surface area contributed by atoms with E-state index in [2.05, 4.69) is 15.3 Å². The van der Waals surface area contributed by atoms with Crippen LogP contribution in [0.2, 0.25) is 0 Å². The van der Waals surface area contributed by atoms with Gasteiger partial charge in [-0.15, -0.1) is 0 Å². The second-order valence-electron chi connectivity index (χ2n) is 4.62. The normalized spacial score (nSPS) is 10.7. The Hall–Kier alpha value is -2.89. The number of carbonyl (C=O) groups excluding carboxylic acids is 1. The van der Waals surface area contributed by atoms with E-state index in [9.17, 15) is 9.59 Å². The summed E-state index contributed by atoms with van der Waals surface area (Å²) >= 11 is 0. The molecule has 1 amide bonds. The number of rotatable bonds is 4. The van der Waals surface area contributed by atoms with Gasteiger partial charge in [-0.2, -0.15) is 0 Å². The Labute approximate surface area is 120 Å². The molecular weight excluding hydrogens is 268 g/mol. The summed E-state index contributed by atoms with van der Waals surface area (Å²) in [5, 5.41) is 2.72. The predicted octanol–water partition coefficient (Wildman–Crippen LogP) is 0.995. The van der Waals surface area contributed by atoms with Gasteiger partial charge in [-0.1, -0.05) is 6.07 Å². The molecule has 0 aromatic carbocycles. The fraction of sp³-hybridized carbons (Fsp3) is 0.133. The summed E-state index contributed by atoms with van der Waals surface area (Å²) in [5.74, 6) is -0.374. The van der Waals surface area contributed by atoms with Crippen molar-refractivity contribution in [3.63, 3.8) is 0 Å². The molecule has 6 nitrogen and oxygen atoms in total. The Morgan fingerprint density at radius 1 is 1.29 bits per heavy atom. The third-order valence-corrected chi connectivity index (χ3v) is 3.14. The lowest BCUT2D eigenvalue weighted by molar-refractivity contribution is 0.0952. The molecule has 0 fully saturated rings. The van der Waals surface area contributed by atoms with Gasteiger partial charge in [0.05, 0.1) is 5.69 Å². The van der Waals surface area contributed by atoms with E-state index in [-0.39, 0.29) is 17.0 Å². The first-order valence-corrected chi connectivity index (χ1v) is 6.62. The number of aromatic amines is 1. The number of hydrogen-bond donors (Lipinski definition) is 2. The molecule has 0 aliphatic rings. The Morgan fingerprint density at radius 2 is 2.19 bits per heavy atom. The number of hydrogen-bond acceptors (Lipinski definition) is 3. The third-order valence-electron chi connectivity index (χ3n) is 3.14. The van der Waals surface area contributed by atoms with Gasteiger partial charge in [0.2, 0.25) is 0 Å². The highest BCUT2D eigenvalue weighted by molar-refractivity contribution is 5.93. The van der Waals surface area contributed by atoms with Crippen molar-refractivity contribution >= 4 is 11.6 Å². The fourth-order valence-corrected chi connectivity index (χ4v) is 2.11. The SMILES string of the molecule is O=C(NCCc1cn2ccccc2n1)c1ccc[nH]c1=O. The molecule has 0 aliphatic carbocycles. The number of pyridine rings is 2. The lowest BCUT2D eigenvalue weighted by Gasteiger charge is -2.02. The molecule has 0 saturated carbocycles. The molecule has 2 N–H and O–H groups in total. The van der Waals surface area contributed by atoms with Crippen LogP contribution >= 0.6 is 0 Å². The molecule has 3 aromatic rings. The van der Waals surface area contributed by atoms with E-state index in [1.54, 1.807) is 6.07 Å². The molecule has 3 aromatic heterocycles. The second-order valence-corrected chi connectivity index (χ2v) is 4.62. The van der Waals surface area contributed by atoms with Gasteiger partial charge in [-0.25, -0.2) is 4.98 Å². The third kappa shape index (κ3) is 2.84. The first-order chi connectivity index (χ1) is 10.2. The van der Waals surface area contributed by atoms with E-state index in [0.29, 0.717) is 13.0 Å². The summed E-state index contributed by atoms with van der Waals surface area (Å²) in [5.41, 5.74) is 1.50. The van der Waals surface area contributed by atoms with Crippen molar-refractivity contribution in [2.45, 2.75) is 6.42 Å². The number of imidazole rings is 1. The summed E-state index contributed by atoms with van der Waals surface area (Å²) in [7, 11) is 0. The van der Waals surface area contributed by atoms with Crippen molar-refractivity contribution in [3.8, 4) is 0 Å². The number of nitrogens with zero attached hydrogens (tertiary/aromatic N) is 2. The van der Waals surface area contributed by atoms with E-state index >= 15 is 0 Å². The molecule has 0 atom stereocenters. The largest absolute Gasteiger partial charge is 0.351 e. The average molecular weight is 282 g/mol. The Balaban J connectivity index is 1.62. The summed E-state index contributed by atoms with van der Waals surface area (Å²) in [6.45, 7) is 0.428. The minimum Gasteiger partial charge on any atom is -0.351 e. The molecule has 0 unspecified atom stereocenters. The lowest BCUT2D eigenvalue weighted by atomic mass is 10.2. The maximum atomic E-state index is 11.9. The van der Waals surface area contributed by atoms with Gasteiger partial charge in [0.15, 0.2) is 0 Å². The zero-order valence-corrected chi connectivity index (χ0v) is 11.2. The quantitative estimate of drug-likeness (QED) is 0.749. The van der Waals surface area contributed by atoms with E-state index in [1.165, 1.54) is 12.3 Å². The van der Waals surface area contributed by atoms with Gasteiger partial charge >= 0.3 is 0 Å². The Morgan fingerprint density at radius 3 is 3.00 bits per heavy atom. The van der Waals surface area contributed by atoms with Crippen LogP contribution in [0.4, 0.5) is 0 Å². The Bertz CT molecular complexity index is 802. The van der Waals surface area contributed by atoms with Gasteiger partial charge in [0, 0.05) is 31.6 Å². The summed E-state index contributed by atoms with van der Waals surface area (Å²) in [6.07, 6.45) is 5.96. The molecular formula is C15H14N4O2. The number of nitrogens with one attached hydrogen (secondary N) is 2. The van der Waals surface area contributed by atoms with Crippen LogP contribution in [0, 0.1) is 0 Å². The van der Waals surface area contributed by atoms with Crippen LogP contribution in [0.3, 0.4) is 0 Å². The number of amides is 1. The highest BCUT2D eigenvalue weighted by Gasteiger charge is 2.09. The van der Waals surface area contributed by atoms with E-state index in [0.717, 1.165) is 11.3 Å². The van der Waals surface area contributed by atoms with Crippen molar-refractivity contribution in [2.24, 2.45) is 0 Å². The van der Waals surface area contributed by atoms with Crippen LogP contribution in [-0.2, 0) is 6.42 Å². The van der Waals surface area contributed by atoms with Crippen LogP contribution in [0.25, 0.3) is 5.65 Å². The zero-order valence-electron chi connectivity index (χ0n) is 11.2. The van der Waals surface area contributed by atoms with Gasteiger partial charge in [-0.05, 0) is 24.3 Å². The number of fused-ring (bicyclic) bond motifs is 1. The molecule has 21 heavy (non-hydrogen) atoms. The highest BCUT2D eigenvalue weighted by atomic mass is 16.2. The van der Waals surface area contributed by atoms with Crippen molar-refractivity contribution in [1.82, 2.24) is 19.7 Å². The summed E-state index contributed by atoms with van der Waals surface area (Å²) in [6, 6.07) is 8.90. The number of carbonyl (C=O) groups is 1. The molecule has 6 heteroatoms. The maximum absolute atomic E-state index is 11.9. The fourth-order valence-electron chi connectivity index (χ4n) is 2.11. The van der Waals surface area contributed by atoms with E-state index in [1.807, 2.05) is 35.0 Å². The first kappa shape index (κ1) is 13.1. The van der Waals surface area contributed by atoms with Crippen molar-refractivity contribution in [3.05, 3.63) is 70.5 Å². The standard InChI is InChI=1S/C15H14N4O2/c20-14-12(4-3-7-16-14)15(21)17-8-6-11-10-19-9-2-1-5-13(19)18-11/h1-5,7,9-10H,6,8H2,(H,16,20)(H,17,21). The highest BCUT2D eigenvalue weighted by Crippen LogP contribution is 2.04. The number of H-pyrrole nitrogens is 1. The molecule has 0 spiro atoms. The van der Waals surface area contributed by atoms with Gasteiger partial charge in [-0.3, -0.25) is 9.59 Å². The van der Waals surface area contributed by atoms with E-state index in [4.69, 9.17) is 0 Å². The Kier molecular flexibility index (Phi) is 3.51. The van der Waals surface area contributed by atoms with Gasteiger partial charge in [0.1, 0.15) is 11.2 Å². The molecule has 0 aliphatic heterocycles. The van der Waals surface area contributed by atoms with Crippen molar-refractivity contribution in [2.75, 3.05) is 6.54 Å². The van der Waals surface area contributed by atoms with Crippen molar-refractivity contribution in [1.29, 1.82) is 0 Å². The van der Waals surface area contributed by atoms with Gasteiger partial charge in [0.25, 0.3) is 11.5 Å². The topological polar surface area (TPSA) is 79.3 Å². The molecule has 106 valence electrons. The zero-order chi connectivity index (χ0) is 14.7. The summed E-state index contributed by atoms with van der Waals surface area (Å²) in [4.78, 5) is 30.3. The minimum atomic E-state index is -0.386. The molecule has 0 saturated heterocycles. The second kappa shape index (κ2) is 5.62. The maximum Gasteiger partial charge on any atom is 0.260 e. The van der Waals surface area contributed by atoms with Crippen LogP contribution in [0.15, 0.2) is 53.7 Å². The van der Waals surface area contributed by atoms with Crippen LogP contribution < -0.4 is 10.9 Å².